The predicted octanol–water partition coefficient (Wildman–Crippen LogP) is 3.16. The zero-order valence-corrected chi connectivity index (χ0v) is 10.4. The van der Waals surface area contributed by atoms with Crippen LogP contribution in [0.4, 0.5) is 5.69 Å². The van der Waals surface area contributed by atoms with Crippen molar-refractivity contribution >= 4 is 30.1 Å². The molecule has 0 aliphatic rings. The second-order valence-electron chi connectivity index (χ2n) is 3.20. The fourth-order valence-electron chi connectivity index (χ4n) is 1.27. The molecule has 0 fully saturated rings. The second-order valence-corrected chi connectivity index (χ2v) is 4.52. The molecule has 0 aromatic heterocycles. The van der Waals surface area contributed by atoms with E-state index in [1.165, 1.54) is 10.6 Å². The molecule has 1 nitrogen and oxygen atoms in total. The van der Waals surface area contributed by atoms with E-state index in [4.69, 9.17) is 0 Å². The van der Waals surface area contributed by atoms with Crippen molar-refractivity contribution < 1.29 is 0 Å². The van der Waals surface area contributed by atoms with E-state index in [-0.39, 0.29) is 0 Å². The predicted molar refractivity (Wildman–Crippen MR) is 70.0 cm³/mol. The first-order valence-electron chi connectivity index (χ1n) is 4.74. The first-order valence-corrected chi connectivity index (χ1v) is 6.59. The second kappa shape index (κ2) is 6.25. The molecule has 0 saturated carbocycles. The summed E-state index contributed by atoms with van der Waals surface area (Å²) in [6, 6.07) is 8.67. The van der Waals surface area contributed by atoms with E-state index in [9.17, 15) is 0 Å². The van der Waals surface area contributed by atoms with Gasteiger partial charge in [-0.3, -0.25) is 0 Å². The van der Waals surface area contributed by atoms with Gasteiger partial charge in [-0.15, -0.1) is 11.8 Å². The summed E-state index contributed by atoms with van der Waals surface area (Å²) in [6.45, 7) is 1.07. The molecular weight excluding hydrogens is 210 g/mol. The van der Waals surface area contributed by atoms with Crippen LogP contribution >= 0.6 is 24.4 Å². The third-order valence-corrected chi connectivity index (χ3v) is 3.22. The van der Waals surface area contributed by atoms with Gasteiger partial charge in [0.25, 0.3) is 0 Å². The highest BCUT2D eigenvalue weighted by atomic mass is 32.2. The maximum Gasteiger partial charge on any atom is 0.0364 e. The summed E-state index contributed by atoms with van der Waals surface area (Å²) in [5, 5.41) is 0. The van der Waals surface area contributed by atoms with Gasteiger partial charge in [0.1, 0.15) is 0 Å². The molecule has 0 aliphatic carbocycles. The van der Waals surface area contributed by atoms with Crippen LogP contribution in [0, 0.1) is 0 Å². The SMILES string of the molecule is CSc1ccc(N(C)CCCS)cc1. The highest BCUT2D eigenvalue weighted by Crippen LogP contribution is 2.19. The monoisotopic (exact) mass is 227 g/mol. The summed E-state index contributed by atoms with van der Waals surface area (Å²) in [5.41, 5.74) is 1.28. The number of rotatable bonds is 5. The Labute approximate surface area is 96.3 Å². The Balaban J connectivity index is 2.57. The number of nitrogens with zero attached hydrogens (tertiary/aromatic N) is 1. The number of thioether (sulfide) groups is 1. The van der Waals surface area contributed by atoms with Crippen molar-refractivity contribution in [1.29, 1.82) is 0 Å². The normalized spacial score (nSPS) is 10.2. The largest absolute Gasteiger partial charge is 0.375 e. The summed E-state index contributed by atoms with van der Waals surface area (Å²) >= 11 is 5.99. The van der Waals surface area contributed by atoms with E-state index in [1.54, 1.807) is 11.8 Å². The van der Waals surface area contributed by atoms with Crippen molar-refractivity contribution in [2.24, 2.45) is 0 Å². The number of hydrogen-bond donors (Lipinski definition) is 1. The van der Waals surface area contributed by atoms with Gasteiger partial charge >= 0.3 is 0 Å². The summed E-state index contributed by atoms with van der Waals surface area (Å²) in [4.78, 5) is 3.58. The van der Waals surface area contributed by atoms with Crippen LogP contribution in [-0.4, -0.2) is 25.6 Å². The highest BCUT2D eigenvalue weighted by Gasteiger charge is 1.99. The lowest BCUT2D eigenvalue weighted by Gasteiger charge is -2.18. The van der Waals surface area contributed by atoms with Crippen LogP contribution in [0.3, 0.4) is 0 Å². The maximum absolute atomic E-state index is 4.21. The van der Waals surface area contributed by atoms with Gasteiger partial charge in [-0.2, -0.15) is 12.6 Å². The van der Waals surface area contributed by atoms with Gasteiger partial charge in [-0.25, -0.2) is 0 Å². The van der Waals surface area contributed by atoms with E-state index < -0.39 is 0 Å². The van der Waals surface area contributed by atoms with Gasteiger partial charge in [0.05, 0.1) is 0 Å². The minimum absolute atomic E-state index is 0.952. The van der Waals surface area contributed by atoms with E-state index >= 15 is 0 Å². The Bertz CT molecular complexity index is 258. The van der Waals surface area contributed by atoms with Crippen molar-refractivity contribution in [3.05, 3.63) is 24.3 Å². The zero-order chi connectivity index (χ0) is 10.4. The molecule has 0 unspecified atom stereocenters. The Kier molecular flexibility index (Phi) is 5.26. The minimum atomic E-state index is 0.952. The fraction of sp³-hybridized carbons (Fsp3) is 0.455. The van der Waals surface area contributed by atoms with Crippen molar-refractivity contribution in [2.75, 3.05) is 30.5 Å². The molecule has 78 valence electrons. The van der Waals surface area contributed by atoms with E-state index in [0.29, 0.717) is 0 Å². The van der Waals surface area contributed by atoms with Crippen LogP contribution in [-0.2, 0) is 0 Å². The number of thiol groups is 1. The Morgan fingerprint density at radius 3 is 2.43 bits per heavy atom. The first-order chi connectivity index (χ1) is 6.77. The number of anilines is 1. The van der Waals surface area contributed by atoms with Gasteiger partial charge in [0.15, 0.2) is 0 Å². The fourth-order valence-corrected chi connectivity index (χ4v) is 1.82. The molecule has 0 aliphatic heterocycles. The Morgan fingerprint density at radius 2 is 1.93 bits per heavy atom. The molecule has 0 bridgehead atoms. The molecule has 1 aromatic rings. The lowest BCUT2D eigenvalue weighted by atomic mass is 10.3. The lowest BCUT2D eigenvalue weighted by molar-refractivity contribution is 0.860. The minimum Gasteiger partial charge on any atom is -0.375 e. The molecule has 3 heteroatoms. The van der Waals surface area contributed by atoms with Crippen molar-refractivity contribution in [2.45, 2.75) is 11.3 Å². The third-order valence-electron chi connectivity index (χ3n) is 2.16. The van der Waals surface area contributed by atoms with Crippen LogP contribution in [0.1, 0.15) is 6.42 Å². The molecule has 0 heterocycles. The molecule has 0 amide bonds. The van der Waals surface area contributed by atoms with Gasteiger partial charge < -0.3 is 4.90 Å². The topological polar surface area (TPSA) is 3.24 Å². The molecule has 0 atom stereocenters. The standard InChI is InChI=1S/C11H17NS2/c1-12(8-3-9-13)10-4-6-11(14-2)7-5-10/h4-7,13H,3,8-9H2,1-2H3. The number of benzene rings is 1. The summed E-state index contributed by atoms with van der Waals surface area (Å²) in [6.07, 6.45) is 3.23. The van der Waals surface area contributed by atoms with E-state index in [2.05, 4.69) is 55.1 Å². The average Bonchev–Trinajstić information content (AvgIpc) is 2.26. The molecule has 0 spiro atoms. The van der Waals surface area contributed by atoms with Crippen LogP contribution in [0.2, 0.25) is 0 Å². The molecular formula is C11H17NS2. The van der Waals surface area contributed by atoms with Crippen molar-refractivity contribution in [1.82, 2.24) is 0 Å². The maximum atomic E-state index is 4.21. The third kappa shape index (κ3) is 3.46. The first kappa shape index (κ1) is 11.8. The van der Waals surface area contributed by atoms with Gasteiger partial charge in [-0.05, 0) is 42.7 Å². The summed E-state index contributed by atoms with van der Waals surface area (Å²) in [5.74, 6) is 0.952. The summed E-state index contributed by atoms with van der Waals surface area (Å²) < 4.78 is 0. The van der Waals surface area contributed by atoms with Crippen LogP contribution in [0.15, 0.2) is 29.2 Å². The van der Waals surface area contributed by atoms with Crippen LogP contribution < -0.4 is 4.90 Å². The molecule has 0 saturated heterocycles. The Morgan fingerprint density at radius 1 is 1.29 bits per heavy atom. The van der Waals surface area contributed by atoms with Gasteiger partial charge in [-0.1, -0.05) is 0 Å². The van der Waals surface area contributed by atoms with Crippen molar-refractivity contribution in [3.8, 4) is 0 Å². The molecule has 1 aromatic carbocycles. The van der Waals surface area contributed by atoms with Gasteiger partial charge in [0.2, 0.25) is 0 Å². The Hall–Kier alpha value is -0.280. The summed E-state index contributed by atoms with van der Waals surface area (Å²) in [7, 11) is 2.12. The van der Waals surface area contributed by atoms with Crippen LogP contribution in [0.25, 0.3) is 0 Å². The smallest absolute Gasteiger partial charge is 0.0364 e. The van der Waals surface area contributed by atoms with Crippen molar-refractivity contribution in [3.63, 3.8) is 0 Å². The average molecular weight is 227 g/mol. The molecule has 0 N–H and O–H groups in total. The quantitative estimate of drug-likeness (QED) is 0.608. The van der Waals surface area contributed by atoms with E-state index in [0.717, 1.165) is 18.7 Å². The molecule has 14 heavy (non-hydrogen) atoms. The number of hydrogen-bond acceptors (Lipinski definition) is 3. The molecule has 0 radical (unpaired) electrons. The molecule has 1 rings (SSSR count). The van der Waals surface area contributed by atoms with E-state index in [1.807, 2.05) is 0 Å². The highest BCUT2D eigenvalue weighted by molar-refractivity contribution is 7.98. The van der Waals surface area contributed by atoms with Gasteiger partial charge in [0, 0.05) is 24.2 Å². The lowest BCUT2D eigenvalue weighted by Crippen LogP contribution is -2.18. The van der Waals surface area contributed by atoms with Crippen LogP contribution in [0.5, 0.6) is 0 Å². The zero-order valence-electron chi connectivity index (χ0n) is 8.73.